The second kappa shape index (κ2) is 9.02. The van der Waals surface area contributed by atoms with Crippen molar-refractivity contribution in [3.05, 3.63) is 49.9 Å². The van der Waals surface area contributed by atoms with Crippen LogP contribution in [0.3, 0.4) is 0 Å². The minimum absolute atomic E-state index is 0. The average Bonchev–Trinajstić information content (AvgIpc) is 2.93. The van der Waals surface area contributed by atoms with Crippen molar-refractivity contribution < 1.29 is 4.79 Å². The van der Waals surface area contributed by atoms with Crippen molar-refractivity contribution in [1.82, 2.24) is 10.3 Å². The molecular formula is C16H20Cl3N3OS. The highest BCUT2D eigenvalue weighted by Gasteiger charge is 2.27. The molecule has 1 amide bonds. The molecule has 3 N–H and O–H groups in total. The maximum Gasteiger partial charge on any atom is 0.270 e. The lowest BCUT2D eigenvalue weighted by molar-refractivity contribution is 0.0941. The Morgan fingerprint density at radius 3 is 2.54 bits per heavy atom. The number of nitrogens with two attached hydrogens (primary N) is 1. The second-order valence-electron chi connectivity index (χ2n) is 5.83. The van der Waals surface area contributed by atoms with Gasteiger partial charge in [0.1, 0.15) is 5.69 Å². The molecule has 0 spiro atoms. The number of nitrogens with one attached hydrogen (secondary N) is 1. The van der Waals surface area contributed by atoms with Crippen LogP contribution in [0, 0.1) is 0 Å². The van der Waals surface area contributed by atoms with Crippen LogP contribution in [0.1, 0.15) is 34.9 Å². The Morgan fingerprint density at radius 2 is 1.96 bits per heavy atom. The van der Waals surface area contributed by atoms with E-state index in [1.54, 1.807) is 23.6 Å². The van der Waals surface area contributed by atoms with Gasteiger partial charge in [-0.15, -0.1) is 23.7 Å². The Labute approximate surface area is 162 Å². The zero-order valence-electron chi connectivity index (χ0n) is 13.4. The molecule has 0 aliphatic rings. The molecule has 0 saturated heterocycles. The summed E-state index contributed by atoms with van der Waals surface area (Å²) < 4.78 is 0. The number of hydrogen-bond donors (Lipinski definition) is 2. The molecule has 0 bridgehead atoms. The van der Waals surface area contributed by atoms with Crippen molar-refractivity contribution >= 4 is 52.9 Å². The molecule has 0 aliphatic carbocycles. The van der Waals surface area contributed by atoms with Crippen LogP contribution in [0.15, 0.2) is 23.6 Å². The van der Waals surface area contributed by atoms with Gasteiger partial charge in [-0.25, -0.2) is 4.98 Å². The van der Waals surface area contributed by atoms with E-state index in [9.17, 15) is 4.79 Å². The zero-order chi connectivity index (χ0) is 17.0. The maximum absolute atomic E-state index is 12.2. The number of thiazole rings is 1. The minimum Gasteiger partial charge on any atom is -0.350 e. The number of halogens is 3. The smallest absolute Gasteiger partial charge is 0.270 e. The highest BCUT2D eigenvalue weighted by Crippen LogP contribution is 2.35. The van der Waals surface area contributed by atoms with Gasteiger partial charge in [-0.2, -0.15) is 0 Å². The van der Waals surface area contributed by atoms with E-state index in [1.165, 1.54) is 11.3 Å². The number of benzene rings is 1. The summed E-state index contributed by atoms with van der Waals surface area (Å²) in [7, 11) is 0. The van der Waals surface area contributed by atoms with Crippen molar-refractivity contribution in [3.63, 3.8) is 0 Å². The molecule has 1 aromatic carbocycles. The van der Waals surface area contributed by atoms with E-state index in [0.717, 1.165) is 10.6 Å². The molecular weight excluding hydrogens is 389 g/mol. The summed E-state index contributed by atoms with van der Waals surface area (Å²) in [4.78, 5) is 16.5. The lowest BCUT2D eigenvalue weighted by atomic mass is 9.84. The monoisotopic (exact) mass is 407 g/mol. The lowest BCUT2D eigenvalue weighted by Gasteiger charge is -2.27. The average molecular weight is 409 g/mol. The molecule has 2 rings (SSSR count). The summed E-state index contributed by atoms with van der Waals surface area (Å²) in [5, 5.41) is 6.70. The van der Waals surface area contributed by atoms with E-state index in [4.69, 9.17) is 28.9 Å². The molecule has 0 radical (unpaired) electrons. The first-order chi connectivity index (χ1) is 10.8. The third-order valence-corrected chi connectivity index (χ3v) is 5.01. The van der Waals surface area contributed by atoms with Crippen molar-refractivity contribution in [3.8, 4) is 0 Å². The van der Waals surface area contributed by atoms with Crippen molar-refractivity contribution in [1.29, 1.82) is 0 Å². The summed E-state index contributed by atoms with van der Waals surface area (Å²) in [5.41, 5.74) is 6.33. The standard InChI is InChI=1S/C16H19Cl2N3OS.ClH/c1-16(2,14-10(17)4-3-5-11(14)18)9-20-15(22)12-8-23-13(21-12)6-7-19;/h3-5,8H,6-7,9,19H2,1-2H3,(H,20,22);1H. The predicted molar refractivity (Wildman–Crippen MR) is 104 cm³/mol. The third kappa shape index (κ3) is 5.07. The molecule has 0 fully saturated rings. The minimum atomic E-state index is -0.402. The fourth-order valence-corrected chi connectivity index (χ4v) is 3.98. The van der Waals surface area contributed by atoms with Gasteiger partial charge in [0.15, 0.2) is 0 Å². The third-order valence-electron chi connectivity index (χ3n) is 3.47. The first-order valence-electron chi connectivity index (χ1n) is 7.22. The van der Waals surface area contributed by atoms with Gasteiger partial charge in [-0.05, 0) is 24.2 Å². The van der Waals surface area contributed by atoms with Crippen LogP contribution in [-0.2, 0) is 11.8 Å². The van der Waals surface area contributed by atoms with Gasteiger partial charge in [0.2, 0.25) is 0 Å². The van der Waals surface area contributed by atoms with Crippen LogP contribution in [0.2, 0.25) is 10.0 Å². The Balaban J connectivity index is 0.00000288. The molecule has 0 unspecified atom stereocenters. The summed E-state index contributed by atoms with van der Waals surface area (Å²) in [5.74, 6) is -0.208. The van der Waals surface area contributed by atoms with Crippen molar-refractivity contribution in [2.24, 2.45) is 5.73 Å². The molecule has 0 saturated carbocycles. The number of rotatable bonds is 6. The van der Waals surface area contributed by atoms with E-state index in [2.05, 4.69) is 10.3 Å². The predicted octanol–water partition coefficient (Wildman–Crippen LogP) is 4.08. The molecule has 24 heavy (non-hydrogen) atoms. The summed E-state index contributed by atoms with van der Waals surface area (Å²) >= 11 is 14.0. The maximum atomic E-state index is 12.2. The van der Waals surface area contributed by atoms with Crippen LogP contribution in [0.4, 0.5) is 0 Å². The highest BCUT2D eigenvalue weighted by atomic mass is 35.5. The SMILES string of the molecule is CC(C)(CNC(=O)c1csc(CCN)n1)c1c(Cl)cccc1Cl.Cl. The van der Waals surface area contributed by atoms with E-state index in [1.807, 2.05) is 13.8 Å². The zero-order valence-corrected chi connectivity index (χ0v) is 16.6. The molecule has 4 nitrogen and oxygen atoms in total. The second-order valence-corrected chi connectivity index (χ2v) is 7.59. The molecule has 0 atom stereocenters. The Kier molecular flexibility index (Phi) is 7.96. The molecule has 132 valence electrons. The van der Waals surface area contributed by atoms with Gasteiger partial charge in [-0.3, -0.25) is 4.79 Å². The Bertz CT molecular complexity index is 683. The number of carbonyl (C=O) groups is 1. The number of nitrogens with zero attached hydrogens (tertiary/aromatic N) is 1. The van der Waals surface area contributed by atoms with Gasteiger partial charge in [0.05, 0.1) is 5.01 Å². The summed E-state index contributed by atoms with van der Waals surface area (Å²) in [6.07, 6.45) is 0.679. The van der Waals surface area contributed by atoms with Gasteiger partial charge in [0, 0.05) is 33.8 Å². The van der Waals surface area contributed by atoms with E-state index < -0.39 is 5.41 Å². The van der Waals surface area contributed by atoms with Crippen LogP contribution in [0.5, 0.6) is 0 Å². The normalized spacial score (nSPS) is 11.0. The van der Waals surface area contributed by atoms with E-state index in [0.29, 0.717) is 35.2 Å². The number of hydrogen-bond acceptors (Lipinski definition) is 4. The molecule has 1 heterocycles. The fourth-order valence-electron chi connectivity index (χ4n) is 2.28. The largest absolute Gasteiger partial charge is 0.350 e. The summed E-state index contributed by atoms with van der Waals surface area (Å²) in [6, 6.07) is 5.40. The van der Waals surface area contributed by atoms with Gasteiger partial charge >= 0.3 is 0 Å². The van der Waals surface area contributed by atoms with Crippen LogP contribution in [0.25, 0.3) is 0 Å². The van der Waals surface area contributed by atoms with Crippen molar-refractivity contribution in [2.45, 2.75) is 25.7 Å². The molecule has 8 heteroatoms. The number of carbonyl (C=O) groups excluding carboxylic acids is 1. The van der Waals surface area contributed by atoms with Gasteiger partial charge < -0.3 is 11.1 Å². The highest BCUT2D eigenvalue weighted by molar-refractivity contribution is 7.09. The lowest BCUT2D eigenvalue weighted by Crippen LogP contribution is -2.37. The van der Waals surface area contributed by atoms with Crippen LogP contribution < -0.4 is 11.1 Å². The van der Waals surface area contributed by atoms with E-state index >= 15 is 0 Å². The fraction of sp³-hybridized carbons (Fsp3) is 0.375. The Hall–Kier alpha value is -0.850. The number of amides is 1. The van der Waals surface area contributed by atoms with Gasteiger partial charge in [0.25, 0.3) is 5.91 Å². The topological polar surface area (TPSA) is 68.0 Å². The quantitative estimate of drug-likeness (QED) is 0.756. The van der Waals surface area contributed by atoms with Crippen LogP contribution >= 0.6 is 46.9 Å². The van der Waals surface area contributed by atoms with E-state index in [-0.39, 0.29) is 18.3 Å². The first-order valence-corrected chi connectivity index (χ1v) is 8.86. The summed E-state index contributed by atoms with van der Waals surface area (Å²) in [6.45, 7) is 4.90. The number of aromatic nitrogens is 1. The molecule has 1 aromatic heterocycles. The first kappa shape index (κ1) is 21.2. The molecule has 2 aromatic rings. The van der Waals surface area contributed by atoms with Gasteiger partial charge in [-0.1, -0.05) is 43.1 Å². The Morgan fingerprint density at radius 1 is 1.33 bits per heavy atom. The van der Waals surface area contributed by atoms with Crippen LogP contribution in [-0.4, -0.2) is 24.0 Å². The molecule has 0 aliphatic heterocycles. The van der Waals surface area contributed by atoms with Crippen molar-refractivity contribution in [2.75, 3.05) is 13.1 Å².